The highest BCUT2D eigenvalue weighted by molar-refractivity contribution is 5.94. The lowest BCUT2D eigenvalue weighted by atomic mass is 10.1. The normalized spacial score (nSPS) is 9.80. The Balaban J connectivity index is 2.96. The summed E-state index contributed by atoms with van der Waals surface area (Å²) in [5.41, 5.74) is 0.641. The van der Waals surface area contributed by atoms with Gasteiger partial charge in [-0.15, -0.1) is 0 Å². The third-order valence-electron chi connectivity index (χ3n) is 2.03. The van der Waals surface area contributed by atoms with Crippen LogP contribution in [0.15, 0.2) is 18.2 Å². The molecule has 1 rings (SSSR count). The van der Waals surface area contributed by atoms with Crippen molar-refractivity contribution < 1.29 is 14.3 Å². The first kappa shape index (κ1) is 11.6. The molecule has 0 atom stereocenters. The number of carbonyl (C=O) groups is 1. The van der Waals surface area contributed by atoms with Gasteiger partial charge in [0, 0.05) is 5.56 Å². The summed E-state index contributed by atoms with van der Waals surface area (Å²) in [4.78, 5) is 11.2. The Labute approximate surface area is 90.0 Å². The predicted octanol–water partition coefficient (Wildman–Crippen LogP) is 2.69. The molecule has 0 saturated carbocycles. The molecule has 0 aliphatic rings. The zero-order valence-corrected chi connectivity index (χ0v) is 9.37. The summed E-state index contributed by atoms with van der Waals surface area (Å²) >= 11 is 0. The predicted molar refractivity (Wildman–Crippen MR) is 58.8 cm³/mol. The fraction of sp³-hybridized carbons (Fsp3) is 0.417. The van der Waals surface area contributed by atoms with E-state index in [0.29, 0.717) is 23.7 Å². The number of rotatable bonds is 5. The molecule has 0 radical (unpaired) electrons. The third-order valence-corrected chi connectivity index (χ3v) is 2.03. The third kappa shape index (κ3) is 2.98. The standard InChI is InChI=1S/C12H16O3/c1-4-7-15-12-8-10(9(2)13)5-6-11(12)14-3/h5-6,8H,4,7H2,1-3H3. The maximum atomic E-state index is 11.2. The molecule has 0 heterocycles. The summed E-state index contributed by atoms with van der Waals surface area (Å²) in [6.07, 6.45) is 0.924. The van der Waals surface area contributed by atoms with Crippen LogP contribution in [0.3, 0.4) is 0 Å². The Morgan fingerprint density at radius 3 is 2.60 bits per heavy atom. The van der Waals surface area contributed by atoms with E-state index in [1.54, 1.807) is 25.3 Å². The first-order valence-electron chi connectivity index (χ1n) is 5.00. The largest absolute Gasteiger partial charge is 0.493 e. The molecule has 3 nitrogen and oxygen atoms in total. The van der Waals surface area contributed by atoms with Crippen LogP contribution in [0.2, 0.25) is 0 Å². The first-order chi connectivity index (χ1) is 7.19. The molecule has 0 saturated heterocycles. The Hall–Kier alpha value is -1.51. The van der Waals surface area contributed by atoms with Gasteiger partial charge >= 0.3 is 0 Å². The second-order valence-electron chi connectivity index (χ2n) is 3.27. The fourth-order valence-corrected chi connectivity index (χ4v) is 1.22. The molecule has 3 heteroatoms. The van der Waals surface area contributed by atoms with E-state index < -0.39 is 0 Å². The van der Waals surface area contributed by atoms with Gasteiger partial charge < -0.3 is 9.47 Å². The SMILES string of the molecule is CCCOc1cc(C(C)=O)ccc1OC. The monoisotopic (exact) mass is 208 g/mol. The van der Waals surface area contributed by atoms with E-state index in [-0.39, 0.29) is 5.78 Å². The molecule has 0 bridgehead atoms. The quantitative estimate of drug-likeness (QED) is 0.698. The second kappa shape index (κ2) is 5.39. The van der Waals surface area contributed by atoms with Crippen molar-refractivity contribution >= 4 is 5.78 Å². The molecule has 0 fully saturated rings. The van der Waals surface area contributed by atoms with Crippen molar-refractivity contribution in [2.45, 2.75) is 20.3 Å². The molecule has 15 heavy (non-hydrogen) atoms. The Morgan fingerprint density at radius 2 is 2.07 bits per heavy atom. The molecule has 0 aliphatic carbocycles. The number of Topliss-reactive ketones (excluding diaryl/α,β-unsaturated/α-hetero) is 1. The van der Waals surface area contributed by atoms with Gasteiger partial charge in [0.2, 0.25) is 0 Å². The average Bonchev–Trinajstić information content (AvgIpc) is 2.25. The Bertz CT molecular complexity index is 345. The summed E-state index contributed by atoms with van der Waals surface area (Å²) in [5.74, 6) is 1.32. The highest BCUT2D eigenvalue weighted by atomic mass is 16.5. The van der Waals surface area contributed by atoms with Gasteiger partial charge in [-0.05, 0) is 31.5 Å². The molecular formula is C12H16O3. The molecule has 0 spiro atoms. The van der Waals surface area contributed by atoms with Gasteiger partial charge in [0.15, 0.2) is 17.3 Å². The Morgan fingerprint density at radius 1 is 1.33 bits per heavy atom. The zero-order chi connectivity index (χ0) is 11.3. The molecule has 82 valence electrons. The van der Waals surface area contributed by atoms with Crippen LogP contribution in [0.5, 0.6) is 11.5 Å². The van der Waals surface area contributed by atoms with Crippen LogP contribution in [-0.4, -0.2) is 19.5 Å². The second-order valence-corrected chi connectivity index (χ2v) is 3.27. The van der Waals surface area contributed by atoms with Crippen molar-refractivity contribution in [2.75, 3.05) is 13.7 Å². The molecule has 0 amide bonds. The number of hydrogen-bond donors (Lipinski definition) is 0. The average molecular weight is 208 g/mol. The van der Waals surface area contributed by atoms with Crippen LogP contribution in [-0.2, 0) is 0 Å². The summed E-state index contributed by atoms with van der Waals surface area (Å²) in [6.45, 7) is 4.18. The van der Waals surface area contributed by atoms with Crippen LogP contribution in [0, 0.1) is 0 Å². The number of ether oxygens (including phenoxy) is 2. The van der Waals surface area contributed by atoms with Crippen molar-refractivity contribution in [3.8, 4) is 11.5 Å². The van der Waals surface area contributed by atoms with E-state index >= 15 is 0 Å². The minimum Gasteiger partial charge on any atom is -0.493 e. The highest BCUT2D eigenvalue weighted by Gasteiger charge is 2.07. The molecular weight excluding hydrogens is 192 g/mol. The van der Waals surface area contributed by atoms with Crippen molar-refractivity contribution in [1.29, 1.82) is 0 Å². The van der Waals surface area contributed by atoms with Crippen molar-refractivity contribution in [1.82, 2.24) is 0 Å². The number of hydrogen-bond acceptors (Lipinski definition) is 3. The van der Waals surface area contributed by atoms with Crippen LogP contribution >= 0.6 is 0 Å². The zero-order valence-electron chi connectivity index (χ0n) is 9.37. The van der Waals surface area contributed by atoms with Crippen molar-refractivity contribution in [2.24, 2.45) is 0 Å². The van der Waals surface area contributed by atoms with Gasteiger partial charge in [0.1, 0.15) is 0 Å². The topological polar surface area (TPSA) is 35.5 Å². The molecule has 0 aliphatic heterocycles. The molecule has 0 aromatic heterocycles. The maximum absolute atomic E-state index is 11.2. The minimum absolute atomic E-state index is 0.0269. The van der Waals surface area contributed by atoms with Crippen LogP contribution in [0.4, 0.5) is 0 Å². The van der Waals surface area contributed by atoms with Crippen molar-refractivity contribution in [3.63, 3.8) is 0 Å². The minimum atomic E-state index is 0.0269. The molecule has 1 aromatic carbocycles. The van der Waals surface area contributed by atoms with E-state index in [4.69, 9.17) is 9.47 Å². The van der Waals surface area contributed by atoms with E-state index in [0.717, 1.165) is 6.42 Å². The van der Waals surface area contributed by atoms with Gasteiger partial charge in [-0.1, -0.05) is 6.92 Å². The fourth-order valence-electron chi connectivity index (χ4n) is 1.22. The van der Waals surface area contributed by atoms with E-state index in [1.807, 2.05) is 6.92 Å². The lowest BCUT2D eigenvalue weighted by Crippen LogP contribution is -2.00. The lowest BCUT2D eigenvalue weighted by Gasteiger charge is -2.10. The van der Waals surface area contributed by atoms with Gasteiger partial charge in [0.05, 0.1) is 13.7 Å². The van der Waals surface area contributed by atoms with E-state index in [9.17, 15) is 4.79 Å². The van der Waals surface area contributed by atoms with Crippen LogP contribution < -0.4 is 9.47 Å². The van der Waals surface area contributed by atoms with Gasteiger partial charge in [0.25, 0.3) is 0 Å². The molecule has 0 N–H and O–H groups in total. The van der Waals surface area contributed by atoms with Gasteiger partial charge in [-0.25, -0.2) is 0 Å². The molecule has 1 aromatic rings. The Kier molecular flexibility index (Phi) is 4.16. The van der Waals surface area contributed by atoms with Crippen LogP contribution in [0.25, 0.3) is 0 Å². The lowest BCUT2D eigenvalue weighted by molar-refractivity contribution is 0.101. The summed E-state index contributed by atoms with van der Waals surface area (Å²) in [7, 11) is 1.58. The first-order valence-corrected chi connectivity index (χ1v) is 5.00. The summed E-state index contributed by atoms with van der Waals surface area (Å²) in [5, 5.41) is 0. The highest BCUT2D eigenvalue weighted by Crippen LogP contribution is 2.28. The molecule has 0 unspecified atom stereocenters. The number of ketones is 1. The summed E-state index contributed by atoms with van der Waals surface area (Å²) < 4.78 is 10.6. The van der Waals surface area contributed by atoms with E-state index in [2.05, 4.69) is 0 Å². The smallest absolute Gasteiger partial charge is 0.161 e. The number of carbonyl (C=O) groups excluding carboxylic acids is 1. The number of benzene rings is 1. The van der Waals surface area contributed by atoms with E-state index in [1.165, 1.54) is 6.92 Å². The van der Waals surface area contributed by atoms with Gasteiger partial charge in [-0.3, -0.25) is 4.79 Å². The van der Waals surface area contributed by atoms with Gasteiger partial charge in [-0.2, -0.15) is 0 Å². The van der Waals surface area contributed by atoms with Crippen molar-refractivity contribution in [3.05, 3.63) is 23.8 Å². The van der Waals surface area contributed by atoms with Crippen LogP contribution in [0.1, 0.15) is 30.6 Å². The summed E-state index contributed by atoms with van der Waals surface area (Å²) in [6, 6.07) is 5.21. The number of methoxy groups -OCH3 is 1. The maximum Gasteiger partial charge on any atom is 0.161 e.